The van der Waals surface area contributed by atoms with Crippen LogP contribution >= 0.6 is 11.6 Å². The van der Waals surface area contributed by atoms with Crippen molar-refractivity contribution in [2.45, 2.75) is 17.9 Å². The molecule has 0 atom stereocenters. The second-order valence-corrected chi connectivity index (χ2v) is 10.3. The van der Waals surface area contributed by atoms with Gasteiger partial charge in [-0.1, -0.05) is 41.9 Å². The fraction of sp³-hybridized carbons (Fsp3) is 0.320. The van der Waals surface area contributed by atoms with Gasteiger partial charge in [0.15, 0.2) is 0 Å². The Kier molecular flexibility index (Phi) is 8.39. The molecule has 4 rings (SSSR count). The molecule has 0 saturated carbocycles. The first kappa shape index (κ1) is 24.5. The molecule has 2 aromatic carbocycles. The predicted molar refractivity (Wildman–Crippen MR) is 135 cm³/mol. The zero-order valence-electron chi connectivity index (χ0n) is 18.9. The number of nitrogens with zero attached hydrogens (tertiary/aromatic N) is 3. The molecule has 2 heterocycles. The van der Waals surface area contributed by atoms with Gasteiger partial charge in [-0.3, -0.25) is 4.90 Å². The molecule has 180 valence electrons. The van der Waals surface area contributed by atoms with Gasteiger partial charge in [0.25, 0.3) is 0 Å². The topological polar surface area (TPSA) is 74.8 Å². The van der Waals surface area contributed by atoms with Crippen molar-refractivity contribution in [3.05, 3.63) is 83.5 Å². The van der Waals surface area contributed by atoms with Gasteiger partial charge in [-0.2, -0.15) is 0 Å². The predicted octanol–water partition coefficient (Wildman–Crippen LogP) is 3.80. The molecule has 9 heteroatoms. The first-order valence-corrected chi connectivity index (χ1v) is 13.2. The van der Waals surface area contributed by atoms with Gasteiger partial charge >= 0.3 is 0 Å². The average molecular weight is 501 g/mol. The Hall–Kier alpha value is -2.65. The maximum absolute atomic E-state index is 12.3. The van der Waals surface area contributed by atoms with Crippen molar-refractivity contribution in [2.24, 2.45) is 0 Å². The molecule has 0 radical (unpaired) electrons. The molecular weight excluding hydrogens is 472 g/mol. The molecule has 1 N–H and O–H groups in total. The van der Waals surface area contributed by atoms with E-state index < -0.39 is 10.0 Å². The van der Waals surface area contributed by atoms with Crippen molar-refractivity contribution in [1.82, 2.24) is 14.6 Å². The molecule has 0 amide bonds. The highest BCUT2D eigenvalue weighted by Gasteiger charge is 2.18. The van der Waals surface area contributed by atoms with Crippen LogP contribution in [-0.4, -0.2) is 57.6 Å². The van der Waals surface area contributed by atoms with Crippen LogP contribution in [0.1, 0.15) is 12.0 Å². The standard InChI is InChI=1S/C25H29ClN4O3S/c26-23-6-1-2-7-24(23)34(31,32)28-14-5-19-33-22-11-9-21(10-12-22)20-29-15-17-30(18-16-29)25-8-3-4-13-27-25/h1-4,6-13,28H,5,14-20H2. The van der Waals surface area contributed by atoms with Gasteiger partial charge in [0, 0.05) is 45.5 Å². The van der Waals surface area contributed by atoms with Crippen LogP contribution in [0.4, 0.5) is 5.82 Å². The van der Waals surface area contributed by atoms with Crippen LogP contribution < -0.4 is 14.4 Å². The number of hydrogen-bond donors (Lipinski definition) is 1. The minimum Gasteiger partial charge on any atom is -0.494 e. The van der Waals surface area contributed by atoms with Crippen LogP contribution in [0.2, 0.25) is 5.02 Å². The van der Waals surface area contributed by atoms with Crippen LogP contribution in [0, 0.1) is 0 Å². The smallest absolute Gasteiger partial charge is 0.242 e. The number of nitrogens with one attached hydrogen (secondary N) is 1. The Morgan fingerprint density at radius 1 is 0.941 bits per heavy atom. The van der Waals surface area contributed by atoms with Gasteiger partial charge in [0.05, 0.1) is 11.6 Å². The summed E-state index contributed by atoms with van der Waals surface area (Å²) in [5, 5.41) is 0.210. The van der Waals surface area contributed by atoms with Gasteiger partial charge in [-0.15, -0.1) is 0 Å². The van der Waals surface area contributed by atoms with Gasteiger partial charge < -0.3 is 9.64 Å². The summed E-state index contributed by atoms with van der Waals surface area (Å²) in [5.74, 6) is 1.82. The van der Waals surface area contributed by atoms with Gasteiger partial charge in [0.1, 0.15) is 16.5 Å². The number of aromatic nitrogens is 1. The number of ether oxygens (including phenoxy) is 1. The first-order chi connectivity index (χ1) is 16.5. The summed E-state index contributed by atoms with van der Waals surface area (Å²) < 4.78 is 33.0. The van der Waals surface area contributed by atoms with E-state index in [0.29, 0.717) is 13.0 Å². The summed E-state index contributed by atoms with van der Waals surface area (Å²) in [6.45, 7) is 5.53. The van der Waals surface area contributed by atoms with E-state index in [1.807, 2.05) is 30.5 Å². The van der Waals surface area contributed by atoms with E-state index in [0.717, 1.165) is 44.3 Å². The minimum atomic E-state index is -3.62. The molecule has 1 saturated heterocycles. The Bertz CT molecular complexity index is 1150. The quantitative estimate of drug-likeness (QED) is 0.427. The summed E-state index contributed by atoms with van der Waals surface area (Å²) >= 11 is 5.98. The first-order valence-electron chi connectivity index (χ1n) is 11.4. The summed E-state index contributed by atoms with van der Waals surface area (Å²) in [7, 11) is -3.62. The normalized spacial score (nSPS) is 14.8. The van der Waals surface area contributed by atoms with E-state index in [2.05, 4.69) is 37.7 Å². The molecule has 0 aliphatic carbocycles. The highest BCUT2D eigenvalue weighted by molar-refractivity contribution is 7.89. The van der Waals surface area contributed by atoms with E-state index in [4.69, 9.17) is 16.3 Å². The lowest BCUT2D eigenvalue weighted by Crippen LogP contribution is -2.46. The molecule has 1 aromatic heterocycles. The van der Waals surface area contributed by atoms with E-state index >= 15 is 0 Å². The molecule has 1 aliphatic heterocycles. The Morgan fingerprint density at radius 3 is 2.38 bits per heavy atom. The molecule has 0 unspecified atom stereocenters. The highest BCUT2D eigenvalue weighted by Crippen LogP contribution is 2.20. The van der Waals surface area contributed by atoms with Crippen LogP contribution in [0.25, 0.3) is 0 Å². The second kappa shape index (κ2) is 11.7. The number of rotatable bonds is 10. The fourth-order valence-electron chi connectivity index (χ4n) is 3.83. The number of sulfonamides is 1. The molecule has 34 heavy (non-hydrogen) atoms. The zero-order valence-corrected chi connectivity index (χ0v) is 20.5. The molecule has 0 spiro atoms. The SMILES string of the molecule is O=S(=O)(NCCCOc1ccc(CN2CCN(c3ccccn3)CC2)cc1)c1ccccc1Cl. The number of benzene rings is 2. The largest absolute Gasteiger partial charge is 0.494 e. The van der Waals surface area contributed by atoms with Gasteiger partial charge in [0.2, 0.25) is 10.0 Å². The zero-order chi connectivity index (χ0) is 23.8. The third kappa shape index (κ3) is 6.70. The number of halogens is 1. The number of pyridine rings is 1. The molecule has 1 aliphatic rings. The lowest BCUT2D eigenvalue weighted by Gasteiger charge is -2.35. The Morgan fingerprint density at radius 2 is 1.68 bits per heavy atom. The van der Waals surface area contributed by atoms with E-state index in [1.54, 1.807) is 18.2 Å². The molecule has 1 fully saturated rings. The molecular formula is C25H29ClN4O3S. The Labute approximate surface area is 206 Å². The number of anilines is 1. The van der Waals surface area contributed by atoms with Crippen LogP contribution in [-0.2, 0) is 16.6 Å². The maximum atomic E-state index is 12.3. The van der Waals surface area contributed by atoms with E-state index in [1.165, 1.54) is 11.6 Å². The van der Waals surface area contributed by atoms with Crippen molar-refractivity contribution in [3.8, 4) is 5.75 Å². The van der Waals surface area contributed by atoms with Gasteiger partial charge in [-0.25, -0.2) is 18.1 Å². The van der Waals surface area contributed by atoms with E-state index in [9.17, 15) is 8.42 Å². The van der Waals surface area contributed by atoms with Gasteiger partial charge in [-0.05, 0) is 48.4 Å². The van der Waals surface area contributed by atoms with Crippen molar-refractivity contribution in [3.63, 3.8) is 0 Å². The number of piperazine rings is 1. The number of hydrogen-bond acceptors (Lipinski definition) is 6. The summed E-state index contributed by atoms with van der Waals surface area (Å²) in [4.78, 5) is 9.30. The van der Waals surface area contributed by atoms with Crippen molar-refractivity contribution in [1.29, 1.82) is 0 Å². The third-order valence-electron chi connectivity index (χ3n) is 5.68. The van der Waals surface area contributed by atoms with E-state index in [-0.39, 0.29) is 16.5 Å². The highest BCUT2D eigenvalue weighted by atomic mass is 35.5. The second-order valence-electron chi connectivity index (χ2n) is 8.13. The Balaban J connectivity index is 1.16. The van der Waals surface area contributed by atoms with Crippen molar-refractivity contribution < 1.29 is 13.2 Å². The fourth-order valence-corrected chi connectivity index (χ4v) is 5.43. The summed E-state index contributed by atoms with van der Waals surface area (Å²) in [6.07, 6.45) is 2.39. The minimum absolute atomic E-state index is 0.0892. The summed E-state index contributed by atoms with van der Waals surface area (Å²) in [5.41, 5.74) is 1.24. The molecule has 7 nitrogen and oxygen atoms in total. The molecule has 3 aromatic rings. The lowest BCUT2D eigenvalue weighted by molar-refractivity contribution is 0.249. The third-order valence-corrected chi connectivity index (χ3v) is 7.64. The average Bonchev–Trinajstić information content (AvgIpc) is 2.86. The maximum Gasteiger partial charge on any atom is 0.242 e. The lowest BCUT2D eigenvalue weighted by atomic mass is 10.2. The van der Waals surface area contributed by atoms with Crippen LogP contribution in [0.5, 0.6) is 5.75 Å². The van der Waals surface area contributed by atoms with Crippen molar-refractivity contribution in [2.75, 3.05) is 44.2 Å². The summed E-state index contributed by atoms with van der Waals surface area (Å²) in [6, 6.07) is 20.5. The van der Waals surface area contributed by atoms with Crippen LogP contribution in [0.3, 0.4) is 0 Å². The monoisotopic (exact) mass is 500 g/mol. The molecule has 0 bridgehead atoms. The van der Waals surface area contributed by atoms with Crippen molar-refractivity contribution >= 4 is 27.4 Å². The van der Waals surface area contributed by atoms with Crippen LogP contribution in [0.15, 0.2) is 77.8 Å².